The van der Waals surface area contributed by atoms with Crippen LogP contribution in [0.5, 0.6) is 0 Å². The van der Waals surface area contributed by atoms with Crippen molar-refractivity contribution in [3.05, 3.63) is 0 Å². The predicted octanol–water partition coefficient (Wildman–Crippen LogP) is 0.724. The van der Waals surface area contributed by atoms with Crippen LogP contribution < -0.4 is 10.6 Å². The van der Waals surface area contributed by atoms with Crippen molar-refractivity contribution in [2.75, 3.05) is 20.1 Å². The zero-order chi connectivity index (χ0) is 15.4. The van der Waals surface area contributed by atoms with Crippen LogP contribution in [0.25, 0.3) is 0 Å². The maximum atomic E-state index is 12.2. The normalized spacial score (nSPS) is 26.9. The summed E-state index contributed by atoms with van der Waals surface area (Å²) in [4.78, 5) is 31.9. The monoisotopic (exact) mass is 295 g/mol. The lowest BCUT2D eigenvalue weighted by Gasteiger charge is -2.35. The van der Waals surface area contributed by atoms with E-state index >= 15 is 0 Å². The van der Waals surface area contributed by atoms with Gasteiger partial charge in [-0.2, -0.15) is 0 Å². The third kappa shape index (κ3) is 3.11. The van der Waals surface area contributed by atoms with E-state index in [-0.39, 0.29) is 24.1 Å². The molecule has 21 heavy (non-hydrogen) atoms. The van der Waals surface area contributed by atoms with Crippen LogP contribution in [0.4, 0.5) is 4.79 Å². The van der Waals surface area contributed by atoms with Crippen LogP contribution in [-0.2, 0) is 4.79 Å². The minimum absolute atomic E-state index is 0.243. The summed E-state index contributed by atoms with van der Waals surface area (Å²) in [7, 11) is 1.69. The molecule has 3 amide bonds. The SMILES string of the molecule is CCCCCCN1C(=NCC)NC2C1C(=O)NC(=O)N2C. The first-order valence-electron chi connectivity index (χ1n) is 7.75. The molecule has 2 saturated heterocycles. The summed E-state index contributed by atoms with van der Waals surface area (Å²) >= 11 is 0. The van der Waals surface area contributed by atoms with Crippen LogP contribution in [0.3, 0.4) is 0 Å². The van der Waals surface area contributed by atoms with E-state index in [1.165, 1.54) is 17.7 Å². The van der Waals surface area contributed by atoms with E-state index in [9.17, 15) is 9.59 Å². The van der Waals surface area contributed by atoms with Gasteiger partial charge in [0.25, 0.3) is 5.91 Å². The maximum Gasteiger partial charge on any atom is 0.325 e. The number of carbonyl (C=O) groups excluding carboxylic acids is 2. The molecule has 0 aliphatic carbocycles. The molecule has 2 atom stereocenters. The summed E-state index contributed by atoms with van der Waals surface area (Å²) < 4.78 is 0. The van der Waals surface area contributed by atoms with Gasteiger partial charge in [-0.05, 0) is 13.3 Å². The average molecular weight is 295 g/mol. The highest BCUT2D eigenvalue weighted by Crippen LogP contribution is 2.21. The Morgan fingerprint density at radius 3 is 2.62 bits per heavy atom. The van der Waals surface area contributed by atoms with Gasteiger partial charge in [-0.3, -0.25) is 15.1 Å². The lowest BCUT2D eigenvalue weighted by molar-refractivity contribution is -0.127. The zero-order valence-corrected chi connectivity index (χ0v) is 13.1. The number of hydrogen-bond donors (Lipinski definition) is 2. The number of likely N-dealkylation sites (N-methyl/N-ethyl adjacent to an activating group) is 1. The Hall–Kier alpha value is -1.79. The fourth-order valence-corrected chi connectivity index (χ4v) is 2.82. The topological polar surface area (TPSA) is 77.0 Å². The van der Waals surface area contributed by atoms with Crippen molar-refractivity contribution < 1.29 is 9.59 Å². The van der Waals surface area contributed by atoms with Crippen molar-refractivity contribution in [3.63, 3.8) is 0 Å². The van der Waals surface area contributed by atoms with Gasteiger partial charge in [0.1, 0.15) is 6.17 Å². The standard InChI is InChI=1S/C14H25N5O2/c1-4-6-7-8-9-19-10-11(16-13(19)15-5-2)18(3)14(21)17-12(10)20/h10-11H,4-9H2,1-3H3,(H,15,16)(H,17,20,21). The van der Waals surface area contributed by atoms with E-state index < -0.39 is 0 Å². The largest absolute Gasteiger partial charge is 0.334 e. The lowest BCUT2D eigenvalue weighted by Crippen LogP contribution is -2.64. The number of unbranched alkanes of at least 4 members (excludes halogenated alkanes) is 3. The van der Waals surface area contributed by atoms with Gasteiger partial charge in [0.2, 0.25) is 0 Å². The molecule has 2 aliphatic rings. The lowest BCUT2D eigenvalue weighted by atomic mass is 10.1. The van der Waals surface area contributed by atoms with Crippen LogP contribution in [0.2, 0.25) is 0 Å². The molecule has 0 bridgehead atoms. The van der Waals surface area contributed by atoms with Crippen LogP contribution in [0, 0.1) is 0 Å². The molecular formula is C14H25N5O2. The first-order valence-corrected chi connectivity index (χ1v) is 7.75. The number of carbonyl (C=O) groups is 2. The molecule has 0 saturated carbocycles. The van der Waals surface area contributed by atoms with Gasteiger partial charge < -0.3 is 15.1 Å². The Morgan fingerprint density at radius 2 is 1.95 bits per heavy atom. The van der Waals surface area contributed by atoms with Crippen LogP contribution in [0.15, 0.2) is 4.99 Å². The first-order chi connectivity index (χ1) is 10.1. The Labute approximate surface area is 125 Å². The van der Waals surface area contributed by atoms with Gasteiger partial charge in [0.15, 0.2) is 12.0 Å². The first kappa shape index (κ1) is 15.6. The molecule has 0 radical (unpaired) electrons. The van der Waals surface area contributed by atoms with E-state index in [2.05, 4.69) is 22.5 Å². The van der Waals surface area contributed by atoms with Crippen molar-refractivity contribution >= 4 is 17.9 Å². The number of urea groups is 1. The molecule has 0 aromatic rings. The molecular weight excluding hydrogens is 270 g/mol. The van der Waals surface area contributed by atoms with E-state index in [1.54, 1.807) is 7.05 Å². The Balaban J connectivity index is 2.13. The van der Waals surface area contributed by atoms with Gasteiger partial charge in [0.05, 0.1) is 0 Å². The van der Waals surface area contributed by atoms with Crippen LogP contribution >= 0.6 is 0 Å². The van der Waals surface area contributed by atoms with E-state index in [0.29, 0.717) is 6.54 Å². The Morgan fingerprint density at radius 1 is 1.19 bits per heavy atom. The number of guanidine groups is 1. The Bertz CT molecular complexity index is 437. The van der Waals surface area contributed by atoms with Gasteiger partial charge in [-0.15, -0.1) is 0 Å². The number of nitrogens with zero attached hydrogens (tertiary/aromatic N) is 3. The van der Waals surface area contributed by atoms with Crippen molar-refractivity contribution in [1.29, 1.82) is 0 Å². The molecule has 2 aliphatic heterocycles. The predicted molar refractivity (Wildman–Crippen MR) is 80.8 cm³/mol. The summed E-state index contributed by atoms with van der Waals surface area (Å²) in [6.45, 7) is 5.56. The number of amides is 3. The number of rotatable bonds is 6. The van der Waals surface area contributed by atoms with Crippen molar-refractivity contribution in [1.82, 2.24) is 20.4 Å². The zero-order valence-electron chi connectivity index (χ0n) is 13.1. The molecule has 2 rings (SSSR count). The summed E-state index contributed by atoms with van der Waals surface area (Å²) in [6, 6.07) is -0.753. The highest BCUT2D eigenvalue weighted by Gasteiger charge is 2.49. The molecule has 2 unspecified atom stereocenters. The molecule has 2 N–H and O–H groups in total. The fraction of sp³-hybridized carbons (Fsp3) is 0.786. The van der Waals surface area contributed by atoms with E-state index in [4.69, 9.17) is 0 Å². The molecule has 0 aromatic heterocycles. The van der Waals surface area contributed by atoms with Crippen LogP contribution in [0.1, 0.15) is 39.5 Å². The molecule has 2 fully saturated rings. The molecule has 118 valence electrons. The minimum Gasteiger partial charge on any atom is -0.334 e. The van der Waals surface area contributed by atoms with Gasteiger partial charge in [-0.25, -0.2) is 4.79 Å². The molecule has 0 aromatic carbocycles. The quantitative estimate of drug-likeness (QED) is 0.708. The average Bonchev–Trinajstić information content (AvgIpc) is 2.81. The summed E-state index contributed by atoms with van der Waals surface area (Å²) in [6.07, 6.45) is 4.20. The number of hydrogen-bond acceptors (Lipinski definition) is 3. The smallest absolute Gasteiger partial charge is 0.325 e. The number of aliphatic imine (C=N–C) groups is 1. The van der Waals surface area contributed by atoms with Crippen molar-refractivity contribution in [2.45, 2.75) is 51.7 Å². The third-order valence-corrected chi connectivity index (χ3v) is 3.98. The highest BCUT2D eigenvalue weighted by molar-refractivity contribution is 6.04. The molecule has 0 spiro atoms. The van der Waals surface area contributed by atoms with Gasteiger partial charge in [0, 0.05) is 20.1 Å². The summed E-state index contributed by atoms with van der Waals surface area (Å²) in [5, 5.41) is 5.62. The molecule has 2 heterocycles. The Kier molecular flexibility index (Phi) is 5.03. The highest BCUT2D eigenvalue weighted by atomic mass is 16.2. The van der Waals surface area contributed by atoms with Crippen LogP contribution in [-0.4, -0.2) is 60.0 Å². The van der Waals surface area contributed by atoms with Crippen molar-refractivity contribution in [3.8, 4) is 0 Å². The second-order valence-electron chi connectivity index (χ2n) is 5.49. The van der Waals surface area contributed by atoms with E-state index in [0.717, 1.165) is 25.3 Å². The molecule has 7 nitrogen and oxygen atoms in total. The van der Waals surface area contributed by atoms with Gasteiger partial charge in [-0.1, -0.05) is 26.2 Å². The second kappa shape index (κ2) is 6.78. The van der Waals surface area contributed by atoms with E-state index in [1.807, 2.05) is 11.8 Å². The maximum absolute atomic E-state index is 12.2. The third-order valence-electron chi connectivity index (χ3n) is 3.98. The summed E-state index contributed by atoms with van der Waals surface area (Å²) in [5.41, 5.74) is 0. The summed E-state index contributed by atoms with van der Waals surface area (Å²) in [5.74, 6) is 0.480. The minimum atomic E-state index is -0.389. The number of fused-ring (bicyclic) bond motifs is 1. The second-order valence-corrected chi connectivity index (χ2v) is 5.49. The number of nitrogens with one attached hydrogen (secondary N) is 2. The fourth-order valence-electron chi connectivity index (χ4n) is 2.82. The number of imide groups is 1. The van der Waals surface area contributed by atoms with Crippen molar-refractivity contribution in [2.24, 2.45) is 4.99 Å². The van der Waals surface area contributed by atoms with Gasteiger partial charge >= 0.3 is 6.03 Å². The molecule has 7 heteroatoms.